The number of nitrogens with zero attached hydrogens (tertiary/aromatic N) is 3. The summed E-state index contributed by atoms with van der Waals surface area (Å²) < 4.78 is 13.2. The number of halogens is 3. The molecule has 8 heteroatoms. The lowest BCUT2D eigenvalue weighted by Gasteiger charge is -2.34. The molecule has 3 rings (SSSR count). The van der Waals surface area contributed by atoms with Crippen LogP contribution in [0.5, 0.6) is 0 Å². The number of hydrogen-bond acceptors (Lipinski definition) is 3. The molecule has 1 saturated heterocycles. The normalized spacial score (nSPS) is 14.9. The Morgan fingerprint density at radius 2 is 2.03 bits per heavy atom. The van der Waals surface area contributed by atoms with Crippen molar-refractivity contribution in [1.82, 2.24) is 15.6 Å². The zero-order valence-corrected chi connectivity index (χ0v) is 20.6. The van der Waals surface area contributed by atoms with E-state index in [-0.39, 0.29) is 29.8 Å². The number of pyridine rings is 1. The van der Waals surface area contributed by atoms with E-state index < -0.39 is 0 Å². The lowest BCUT2D eigenvalue weighted by atomic mass is 10.1. The van der Waals surface area contributed by atoms with Crippen molar-refractivity contribution >= 4 is 47.4 Å². The van der Waals surface area contributed by atoms with Crippen LogP contribution in [0.15, 0.2) is 41.4 Å². The number of aliphatic imine (C=N–C) groups is 1. The minimum Gasteiger partial charge on any atom is -0.357 e. The third-order valence-corrected chi connectivity index (χ3v) is 5.40. The van der Waals surface area contributed by atoms with E-state index in [9.17, 15) is 4.39 Å². The van der Waals surface area contributed by atoms with Gasteiger partial charge in [-0.2, -0.15) is 0 Å². The fraction of sp³-hybridized carbons (Fsp3) is 0.455. The third kappa shape index (κ3) is 7.27. The van der Waals surface area contributed by atoms with Crippen molar-refractivity contribution in [1.29, 1.82) is 0 Å². The van der Waals surface area contributed by atoms with Gasteiger partial charge in [0.1, 0.15) is 11.6 Å². The highest BCUT2D eigenvalue weighted by Gasteiger charge is 2.21. The van der Waals surface area contributed by atoms with Crippen LogP contribution in [0, 0.1) is 12.7 Å². The van der Waals surface area contributed by atoms with E-state index in [4.69, 9.17) is 11.6 Å². The van der Waals surface area contributed by atoms with Crippen molar-refractivity contribution in [3.63, 3.8) is 0 Å². The average Bonchev–Trinajstić information content (AvgIpc) is 2.70. The predicted octanol–water partition coefficient (Wildman–Crippen LogP) is 4.57. The number of rotatable bonds is 6. The topological polar surface area (TPSA) is 52.6 Å². The van der Waals surface area contributed by atoms with Crippen molar-refractivity contribution in [2.45, 2.75) is 39.2 Å². The maximum atomic E-state index is 13.2. The number of benzene rings is 1. The van der Waals surface area contributed by atoms with Gasteiger partial charge in [-0.1, -0.05) is 23.7 Å². The molecule has 2 N–H and O–H groups in total. The highest BCUT2D eigenvalue weighted by Crippen LogP contribution is 2.19. The molecule has 5 nitrogen and oxygen atoms in total. The van der Waals surface area contributed by atoms with Crippen molar-refractivity contribution in [3.05, 3.63) is 58.5 Å². The summed E-state index contributed by atoms with van der Waals surface area (Å²) in [5.74, 6) is 1.56. The van der Waals surface area contributed by atoms with Crippen LogP contribution in [0.2, 0.25) is 5.02 Å². The van der Waals surface area contributed by atoms with Crippen molar-refractivity contribution in [2.24, 2.45) is 4.99 Å². The van der Waals surface area contributed by atoms with Crippen LogP contribution in [-0.2, 0) is 6.42 Å². The van der Waals surface area contributed by atoms with E-state index >= 15 is 0 Å². The second-order valence-electron chi connectivity index (χ2n) is 7.29. The minimum absolute atomic E-state index is 0. The van der Waals surface area contributed by atoms with Gasteiger partial charge in [0.2, 0.25) is 0 Å². The van der Waals surface area contributed by atoms with E-state index in [1.165, 1.54) is 12.1 Å². The highest BCUT2D eigenvalue weighted by atomic mass is 127. The van der Waals surface area contributed by atoms with Crippen LogP contribution in [0.4, 0.5) is 10.2 Å². The van der Waals surface area contributed by atoms with Gasteiger partial charge < -0.3 is 15.5 Å². The number of aryl methyl sites for hydroxylation is 1. The molecule has 0 bridgehead atoms. The van der Waals surface area contributed by atoms with Crippen LogP contribution < -0.4 is 15.5 Å². The molecule has 0 spiro atoms. The molecular formula is C22H30ClFIN5. The molecule has 1 aliphatic heterocycles. The number of anilines is 1. The molecule has 0 unspecified atom stereocenters. The summed E-state index contributed by atoms with van der Waals surface area (Å²) in [6.45, 7) is 7.41. The predicted molar refractivity (Wildman–Crippen MR) is 134 cm³/mol. The number of piperidine rings is 1. The first-order valence-corrected chi connectivity index (χ1v) is 10.6. The van der Waals surface area contributed by atoms with Gasteiger partial charge in [-0.15, -0.1) is 24.0 Å². The number of hydrogen-bond donors (Lipinski definition) is 2. The van der Waals surface area contributed by atoms with E-state index in [0.29, 0.717) is 24.0 Å². The molecule has 1 aromatic carbocycles. The largest absolute Gasteiger partial charge is 0.357 e. The summed E-state index contributed by atoms with van der Waals surface area (Å²) in [5, 5.41) is 7.31. The molecule has 1 aliphatic rings. The molecule has 0 amide bonds. The number of aromatic nitrogens is 1. The molecule has 1 fully saturated rings. The van der Waals surface area contributed by atoms with Crippen LogP contribution >= 0.6 is 35.6 Å². The van der Waals surface area contributed by atoms with Crippen molar-refractivity contribution < 1.29 is 4.39 Å². The summed E-state index contributed by atoms with van der Waals surface area (Å²) in [7, 11) is 0. The summed E-state index contributed by atoms with van der Waals surface area (Å²) in [6, 6.07) is 11.0. The summed E-state index contributed by atoms with van der Waals surface area (Å²) in [4.78, 5) is 11.6. The lowest BCUT2D eigenvalue weighted by molar-refractivity contribution is 0.459. The van der Waals surface area contributed by atoms with Crippen LogP contribution in [-0.4, -0.2) is 43.2 Å². The van der Waals surface area contributed by atoms with Gasteiger partial charge in [0.25, 0.3) is 0 Å². The first-order valence-electron chi connectivity index (χ1n) is 10.2. The molecule has 1 aromatic heterocycles. The molecule has 30 heavy (non-hydrogen) atoms. The Morgan fingerprint density at radius 1 is 1.27 bits per heavy atom. The van der Waals surface area contributed by atoms with Crippen molar-refractivity contribution in [3.8, 4) is 0 Å². The molecule has 0 aliphatic carbocycles. The quantitative estimate of drug-likeness (QED) is 0.317. The van der Waals surface area contributed by atoms with Gasteiger partial charge in [-0.3, -0.25) is 4.99 Å². The molecular weight excluding hydrogens is 516 g/mol. The average molecular weight is 546 g/mol. The highest BCUT2D eigenvalue weighted by molar-refractivity contribution is 14.0. The van der Waals surface area contributed by atoms with Gasteiger partial charge in [0.15, 0.2) is 5.96 Å². The maximum absolute atomic E-state index is 13.2. The zero-order chi connectivity index (χ0) is 20.6. The Morgan fingerprint density at radius 3 is 2.70 bits per heavy atom. The van der Waals surface area contributed by atoms with E-state index in [0.717, 1.165) is 55.5 Å². The van der Waals surface area contributed by atoms with Crippen LogP contribution in [0.25, 0.3) is 0 Å². The smallest absolute Gasteiger partial charge is 0.191 e. The third-order valence-electron chi connectivity index (χ3n) is 5.04. The minimum atomic E-state index is -0.315. The van der Waals surface area contributed by atoms with E-state index in [2.05, 4.69) is 44.6 Å². The van der Waals surface area contributed by atoms with E-state index in [1.54, 1.807) is 6.07 Å². The molecule has 2 heterocycles. The molecule has 0 radical (unpaired) electrons. The molecule has 0 atom stereocenters. The van der Waals surface area contributed by atoms with Gasteiger partial charge in [-0.05, 0) is 62.9 Å². The monoisotopic (exact) mass is 545 g/mol. The van der Waals surface area contributed by atoms with Gasteiger partial charge in [0, 0.05) is 42.9 Å². The van der Waals surface area contributed by atoms with Gasteiger partial charge >= 0.3 is 0 Å². The lowest BCUT2D eigenvalue weighted by Crippen LogP contribution is -2.49. The first-order chi connectivity index (χ1) is 14.0. The first kappa shape index (κ1) is 24.7. The molecule has 2 aromatic rings. The Bertz CT molecular complexity index is 840. The van der Waals surface area contributed by atoms with Gasteiger partial charge in [0.05, 0.1) is 0 Å². The number of nitrogens with one attached hydrogen (secondary N) is 2. The SMILES string of the molecule is CCNC(=NCCc1ccc(F)cc1Cl)NC1CCN(c2cccc(C)n2)CC1.I. The fourth-order valence-corrected chi connectivity index (χ4v) is 3.75. The zero-order valence-electron chi connectivity index (χ0n) is 17.5. The molecule has 0 saturated carbocycles. The second-order valence-corrected chi connectivity index (χ2v) is 7.70. The summed E-state index contributed by atoms with van der Waals surface area (Å²) in [5.41, 5.74) is 1.96. The molecule has 164 valence electrons. The van der Waals surface area contributed by atoms with Crippen LogP contribution in [0.3, 0.4) is 0 Å². The number of guanidine groups is 1. The maximum Gasteiger partial charge on any atom is 0.191 e. The second kappa shape index (κ2) is 12.3. The Kier molecular flexibility index (Phi) is 10.1. The Labute approximate surface area is 200 Å². The summed E-state index contributed by atoms with van der Waals surface area (Å²) in [6.07, 6.45) is 2.74. The van der Waals surface area contributed by atoms with E-state index in [1.807, 2.05) is 13.0 Å². The van der Waals surface area contributed by atoms with Gasteiger partial charge in [-0.25, -0.2) is 9.37 Å². The standard InChI is InChI=1S/C22H29ClFN5.HI/c1-3-25-22(26-12-9-17-7-8-18(24)15-20(17)23)28-19-10-13-29(14-11-19)21-6-4-5-16(2)27-21;/h4-8,15,19H,3,9-14H2,1-2H3,(H2,25,26,28);1H. The Hall–Kier alpha value is -1.61. The summed E-state index contributed by atoms with van der Waals surface area (Å²) >= 11 is 6.11. The van der Waals surface area contributed by atoms with Crippen LogP contribution in [0.1, 0.15) is 31.0 Å². The fourth-order valence-electron chi connectivity index (χ4n) is 3.48. The van der Waals surface area contributed by atoms with Crippen molar-refractivity contribution in [2.75, 3.05) is 31.1 Å². The Balaban J connectivity index is 0.00000320.